The number of benzene rings is 1. The first-order valence-corrected chi connectivity index (χ1v) is 11.4. The number of furan rings is 1. The number of likely N-dealkylation sites (tertiary alicyclic amines) is 1. The van der Waals surface area contributed by atoms with Gasteiger partial charge in [-0.05, 0) is 63.3 Å². The van der Waals surface area contributed by atoms with E-state index in [1.165, 1.54) is 4.90 Å². The molecule has 0 unspecified atom stereocenters. The molecule has 3 heterocycles. The lowest BCUT2D eigenvalue weighted by atomic mass is 9.99. The van der Waals surface area contributed by atoms with Gasteiger partial charge in [0.05, 0.1) is 5.57 Å². The lowest BCUT2D eigenvalue weighted by Gasteiger charge is -2.25. The highest BCUT2D eigenvalue weighted by atomic mass is 16.6. The van der Waals surface area contributed by atoms with Crippen molar-refractivity contribution in [3.8, 4) is 11.5 Å². The molecule has 8 nitrogen and oxygen atoms in total. The van der Waals surface area contributed by atoms with Gasteiger partial charge in [-0.1, -0.05) is 13.8 Å². The van der Waals surface area contributed by atoms with Crippen LogP contribution in [-0.4, -0.2) is 66.0 Å². The fourth-order valence-electron chi connectivity index (χ4n) is 4.36. The Labute approximate surface area is 193 Å². The number of aliphatic hydroxyl groups excluding tert-OH is 1. The van der Waals surface area contributed by atoms with Gasteiger partial charge in [0.25, 0.3) is 11.7 Å². The Bertz CT molecular complexity index is 1070. The number of rotatable bonds is 8. The number of carbonyl (C=O) groups is 2. The number of ether oxygens (including phenoxy) is 2. The number of aliphatic hydroxyl groups is 1. The zero-order valence-electron chi connectivity index (χ0n) is 19.3. The Kier molecular flexibility index (Phi) is 6.74. The molecule has 1 N–H and O–H groups in total. The molecule has 0 aliphatic carbocycles. The van der Waals surface area contributed by atoms with Crippen molar-refractivity contribution in [1.82, 2.24) is 9.80 Å². The Hall–Kier alpha value is -3.26. The van der Waals surface area contributed by atoms with E-state index in [1.54, 1.807) is 37.3 Å². The molecule has 4 rings (SSSR count). The maximum atomic E-state index is 13.1. The summed E-state index contributed by atoms with van der Waals surface area (Å²) in [5.41, 5.74) is 0.405. The van der Waals surface area contributed by atoms with Gasteiger partial charge in [-0.3, -0.25) is 9.59 Å². The van der Waals surface area contributed by atoms with Crippen LogP contribution in [0, 0.1) is 6.92 Å². The average Bonchev–Trinajstić information content (AvgIpc) is 3.37. The highest BCUT2D eigenvalue weighted by Crippen LogP contribution is 2.41. The topological polar surface area (TPSA) is 92.5 Å². The Morgan fingerprint density at radius 2 is 1.82 bits per heavy atom. The number of carbonyl (C=O) groups excluding carboxylic acids is 2. The standard InChI is InChI=1S/C25H30N2O6/c1-4-26(5-2)11-6-12-27-22(19-9-7-16(3)33-19)21(24(29)25(27)30)23(28)17-8-10-18-20(15-17)32-14-13-31-18/h7-10,15,22,28H,4-6,11-14H2,1-3H3/b23-21-/t22-/m1/s1. The van der Waals surface area contributed by atoms with E-state index in [1.807, 2.05) is 0 Å². The fourth-order valence-corrected chi connectivity index (χ4v) is 4.36. The van der Waals surface area contributed by atoms with Crippen molar-refractivity contribution in [1.29, 1.82) is 0 Å². The van der Waals surface area contributed by atoms with E-state index in [-0.39, 0.29) is 11.3 Å². The molecule has 0 bridgehead atoms. The Balaban J connectivity index is 1.71. The van der Waals surface area contributed by atoms with Crippen molar-refractivity contribution in [2.75, 3.05) is 39.4 Å². The van der Waals surface area contributed by atoms with Gasteiger partial charge >= 0.3 is 0 Å². The smallest absolute Gasteiger partial charge is 0.295 e. The molecule has 0 radical (unpaired) electrons. The summed E-state index contributed by atoms with van der Waals surface area (Å²) in [6, 6.07) is 7.72. The molecule has 8 heteroatoms. The minimum Gasteiger partial charge on any atom is -0.507 e. The predicted molar refractivity (Wildman–Crippen MR) is 122 cm³/mol. The first-order valence-electron chi connectivity index (χ1n) is 11.4. The van der Waals surface area contributed by atoms with E-state index < -0.39 is 17.7 Å². The van der Waals surface area contributed by atoms with Gasteiger partial charge in [-0.2, -0.15) is 0 Å². The number of aryl methyl sites for hydroxylation is 1. The zero-order chi connectivity index (χ0) is 23.5. The lowest BCUT2D eigenvalue weighted by molar-refractivity contribution is -0.140. The van der Waals surface area contributed by atoms with Gasteiger partial charge in [0.1, 0.15) is 36.5 Å². The second kappa shape index (κ2) is 9.70. The van der Waals surface area contributed by atoms with Crippen molar-refractivity contribution in [3.63, 3.8) is 0 Å². The molecule has 2 aromatic rings. The first-order chi connectivity index (χ1) is 15.9. The van der Waals surface area contributed by atoms with E-state index >= 15 is 0 Å². The number of hydrogen-bond donors (Lipinski definition) is 1. The van der Waals surface area contributed by atoms with E-state index in [9.17, 15) is 14.7 Å². The molecule has 33 heavy (non-hydrogen) atoms. The van der Waals surface area contributed by atoms with Crippen molar-refractivity contribution in [3.05, 3.63) is 53.0 Å². The molecule has 1 aromatic heterocycles. The van der Waals surface area contributed by atoms with Crippen molar-refractivity contribution in [2.45, 2.75) is 33.2 Å². The number of Topliss-reactive ketones (excluding diaryl/α,β-unsaturated/α-hetero) is 1. The molecule has 2 aliphatic heterocycles. The quantitative estimate of drug-likeness (QED) is 0.371. The largest absolute Gasteiger partial charge is 0.507 e. The minimum absolute atomic E-state index is 0.0221. The molecule has 1 aromatic carbocycles. The number of fused-ring (bicyclic) bond motifs is 1. The molecule has 0 spiro atoms. The first kappa shape index (κ1) is 22.9. The summed E-state index contributed by atoms with van der Waals surface area (Å²) < 4.78 is 17.0. The normalized spacial score (nSPS) is 19.5. The van der Waals surface area contributed by atoms with Crippen molar-refractivity contribution < 1.29 is 28.6 Å². The average molecular weight is 455 g/mol. The number of nitrogens with zero attached hydrogens (tertiary/aromatic N) is 2. The molecular formula is C25H30N2O6. The van der Waals surface area contributed by atoms with Crippen LogP contribution in [0.15, 0.2) is 40.3 Å². The van der Waals surface area contributed by atoms with Crippen molar-refractivity contribution in [2.24, 2.45) is 0 Å². The monoisotopic (exact) mass is 454 g/mol. The van der Waals surface area contributed by atoms with Crippen LogP contribution in [0.5, 0.6) is 11.5 Å². The Morgan fingerprint density at radius 3 is 2.48 bits per heavy atom. The molecule has 1 saturated heterocycles. The summed E-state index contributed by atoms with van der Waals surface area (Å²) in [5.74, 6) is 0.580. The van der Waals surface area contributed by atoms with Crippen LogP contribution < -0.4 is 9.47 Å². The highest BCUT2D eigenvalue weighted by molar-refractivity contribution is 6.46. The molecule has 1 amide bonds. The molecule has 2 aliphatic rings. The van der Waals surface area contributed by atoms with E-state index in [2.05, 4.69) is 18.7 Å². The second-order valence-corrected chi connectivity index (χ2v) is 8.18. The van der Waals surface area contributed by atoms with Crippen LogP contribution in [0.25, 0.3) is 5.76 Å². The van der Waals surface area contributed by atoms with Crippen LogP contribution in [0.4, 0.5) is 0 Å². The van der Waals surface area contributed by atoms with Crippen LogP contribution in [-0.2, 0) is 9.59 Å². The van der Waals surface area contributed by atoms with E-state index in [0.29, 0.717) is 54.8 Å². The SMILES string of the molecule is CCN(CC)CCCN1C(=O)C(=O)/C(=C(\O)c2ccc3c(c2)OCCO3)[C@H]1c1ccc(C)o1. The van der Waals surface area contributed by atoms with E-state index in [4.69, 9.17) is 13.9 Å². The summed E-state index contributed by atoms with van der Waals surface area (Å²) in [5, 5.41) is 11.2. The molecule has 176 valence electrons. The third-order valence-electron chi connectivity index (χ3n) is 6.15. The van der Waals surface area contributed by atoms with Gasteiger partial charge in [-0.15, -0.1) is 0 Å². The van der Waals surface area contributed by atoms with Gasteiger partial charge in [0.2, 0.25) is 0 Å². The Morgan fingerprint density at radius 1 is 1.09 bits per heavy atom. The van der Waals surface area contributed by atoms with Crippen molar-refractivity contribution >= 4 is 17.4 Å². The number of hydrogen-bond acceptors (Lipinski definition) is 7. The van der Waals surface area contributed by atoms with Crippen LogP contribution in [0.2, 0.25) is 0 Å². The number of amides is 1. The van der Waals surface area contributed by atoms with Gasteiger partial charge in [0.15, 0.2) is 11.5 Å². The maximum Gasteiger partial charge on any atom is 0.295 e. The van der Waals surface area contributed by atoms with Crippen LogP contribution in [0.1, 0.15) is 43.4 Å². The van der Waals surface area contributed by atoms with Gasteiger partial charge in [0, 0.05) is 12.1 Å². The predicted octanol–water partition coefficient (Wildman–Crippen LogP) is 3.51. The molecule has 0 saturated carbocycles. The molecule has 1 fully saturated rings. The summed E-state index contributed by atoms with van der Waals surface area (Å²) in [7, 11) is 0. The third-order valence-corrected chi connectivity index (χ3v) is 6.15. The summed E-state index contributed by atoms with van der Waals surface area (Å²) in [6.07, 6.45) is 0.703. The third kappa shape index (κ3) is 4.48. The van der Waals surface area contributed by atoms with Gasteiger partial charge < -0.3 is 28.8 Å². The highest BCUT2D eigenvalue weighted by Gasteiger charge is 2.47. The summed E-state index contributed by atoms with van der Waals surface area (Å²) in [6.45, 7) is 9.86. The minimum atomic E-state index is -0.788. The molecular weight excluding hydrogens is 424 g/mol. The second-order valence-electron chi connectivity index (χ2n) is 8.18. The van der Waals surface area contributed by atoms with Crippen LogP contribution >= 0.6 is 0 Å². The molecule has 1 atom stereocenters. The fraction of sp³-hybridized carbons (Fsp3) is 0.440. The summed E-state index contributed by atoms with van der Waals surface area (Å²) in [4.78, 5) is 29.9. The zero-order valence-corrected chi connectivity index (χ0v) is 19.3. The maximum absolute atomic E-state index is 13.1. The van der Waals surface area contributed by atoms with Gasteiger partial charge in [-0.25, -0.2) is 0 Å². The number of ketones is 1. The van der Waals surface area contributed by atoms with E-state index in [0.717, 1.165) is 19.6 Å². The summed E-state index contributed by atoms with van der Waals surface area (Å²) >= 11 is 0. The van der Waals surface area contributed by atoms with Crippen LogP contribution in [0.3, 0.4) is 0 Å². The lowest BCUT2D eigenvalue weighted by Crippen LogP contribution is -2.33.